The second kappa shape index (κ2) is 4.51. The summed E-state index contributed by atoms with van der Waals surface area (Å²) in [7, 11) is 0. The smallest absolute Gasteiger partial charge is 0.00452 e. The van der Waals surface area contributed by atoms with Gasteiger partial charge in [-0.15, -0.1) is 24.8 Å². The Kier molecular flexibility index (Phi) is 4.71. The Morgan fingerprint density at radius 1 is 1.00 bits per heavy atom. The molecule has 0 radical (unpaired) electrons. The summed E-state index contributed by atoms with van der Waals surface area (Å²) < 4.78 is 0. The maximum Gasteiger partial charge on any atom is 0.00452 e. The Labute approximate surface area is 80.1 Å². The van der Waals surface area contributed by atoms with E-state index in [9.17, 15) is 0 Å². The first kappa shape index (κ1) is 11.5. The molecule has 0 aromatic rings. The van der Waals surface area contributed by atoms with Crippen molar-refractivity contribution in [3.8, 4) is 0 Å². The van der Waals surface area contributed by atoms with Crippen molar-refractivity contribution in [2.45, 2.75) is 18.9 Å². The molecule has 0 aromatic carbocycles. The Morgan fingerprint density at radius 3 is 1.91 bits per heavy atom. The zero-order valence-corrected chi connectivity index (χ0v) is 8.09. The first-order valence-electron chi connectivity index (χ1n) is 3.82. The minimum atomic E-state index is 0. The molecular formula is C7H16Cl2N2. The number of nitrogens with one attached hydrogen (secondary N) is 1. The summed E-state index contributed by atoms with van der Waals surface area (Å²) in [5, 5.41) is 3.39. The minimum absolute atomic E-state index is 0. The van der Waals surface area contributed by atoms with Crippen LogP contribution in [0.4, 0.5) is 0 Å². The van der Waals surface area contributed by atoms with Gasteiger partial charge in [0.05, 0.1) is 0 Å². The van der Waals surface area contributed by atoms with E-state index in [0.29, 0.717) is 6.04 Å². The molecule has 2 aliphatic rings. The van der Waals surface area contributed by atoms with E-state index in [1.165, 1.54) is 25.9 Å². The normalized spacial score (nSPS) is 40.6. The summed E-state index contributed by atoms with van der Waals surface area (Å²) in [6.07, 6.45) is 2.52. The first-order chi connectivity index (χ1) is 4.36. The van der Waals surface area contributed by atoms with Gasteiger partial charge < -0.3 is 11.1 Å². The molecule has 3 atom stereocenters. The fraction of sp³-hybridized carbons (Fsp3) is 1.00. The zero-order chi connectivity index (χ0) is 6.27. The lowest BCUT2D eigenvalue weighted by atomic mass is 10.0. The Morgan fingerprint density at radius 2 is 1.45 bits per heavy atom. The zero-order valence-electron chi connectivity index (χ0n) is 6.45. The van der Waals surface area contributed by atoms with Gasteiger partial charge in [0.25, 0.3) is 0 Å². The van der Waals surface area contributed by atoms with Crippen molar-refractivity contribution in [3.05, 3.63) is 0 Å². The second-order valence-electron chi connectivity index (χ2n) is 3.41. The molecule has 0 spiro atoms. The van der Waals surface area contributed by atoms with Crippen LogP contribution in [0.2, 0.25) is 0 Å². The van der Waals surface area contributed by atoms with E-state index in [-0.39, 0.29) is 24.8 Å². The quantitative estimate of drug-likeness (QED) is 0.605. The van der Waals surface area contributed by atoms with Crippen LogP contribution in [-0.4, -0.2) is 19.1 Å². The molecule has 2 nitrogen and oxygen atoms in total. The molecule has 11 heavy (non-hydrogen) atoms. The highest BCUT2D eigenvalue weighted by Gasteiger charge is 2.35. The molecule has 2 fully saturated rings. The van der Waals surface area contributed by atoms with Gasteiger partial charge in [0.15, 0.2) is 0 Å². The lowest BCUT2D eigenvalue weighted by molar-refractivity contribution is 0.494. The van der Waals surface area contributed by atoms with Crippen LogP contribution >= 0.6 is 24.8 Å². The lowest BCUT2D eigenvalue weighted by Gasteiger charge is -2.02. The fourth-order valence-corrected chi connectivity index (χ4v) is 2.21. The van der Waals surface area contributed by atoms with E-state index < -0.39 is 0 Å². The standard InChI is InChI=1S/C7H14N2.2ClH/c8-7-1-5-3-9-4-6(5)2-7;;/h5-7,9H,1-4,8H2;2*1H/t5-,6+,7?;;. The van der Waals surface area contributed by atoms with Gasteiger partial charge in [-0.05, 0) is 37.8 Å². The summed E-state index contributed by atoms with van der Waals surface area (Å²) >= 11 is 0. The highest BCUT2D eigenvalue weighted by atomic mass is 35.5. The third-order valence-electron chi connectivity index (χ3n) is 2.69. The monoisotopic (exact) mass is 198 g/mol. The molecule has 0 aromatic heterocycles. The van der Waals surface area contributed by atoms with Gasteiger partial charge in [-0.2, -0.15) is 0 Å². The largest absolute Gasteiger partial charge is 0.328 e. The van der Waals surface area contributed by atoms with Crippen molar-refractivity contribution in [2.75, 3.05) is 13.1 Å². The molecule has 0 amide bonds. The van der Waals surface area contributed by atoms with Crippen molar-refractivity contribution < 1.29 is 0 Å². The number of fused-ring (bicyclic) bond motifs is 1. The number of hydrogen-bond donors (Lipinski definition) is 2. The SMILES string of the molecule is Cl.Cl.NC1C[C@H]2CNC[C@H]2C1. The minimum Gasteiger partial charge on any atom is -0.328 e. The third-order valence-corrected chi connectivity index (χ3v) is 2.69. The Hall–Kier alpha value is 0.500. The van der Waals surface area contributed by atoms with E-state index in [1.807, 2.05) is 0 Å². The molecule has 4 heteroatoms. The second-order valence-corrected chi connectivity index (χ2v) is 3.41. The summed E-state index contributed by atoms with van der Waals surface area (Å²) in [6.45, 7) is 2.44. The molecule has 1 aliphatic carbocycles. The summed E-state index contributed by atoms with van der Waals surface area (Å²) in [6, 6.07) is 0.516. The topological polar surface area (TPSA) is 38.0 Å². The van der Waals surface area contributed by atoms with Crippen LogP contribution in [0.5, 0.6) is 0 Å². The van der Waals surface area contributed by atoms with Crippen molar-refractivity contribution in [1.82, 2.24) is 5.32 Å². The van der Waals surface area contributed by atoms with Crippen LogP contribution in [0.1, 0.15) is 12.8 Å². The fourth-order valence-electron chi connectivity index (χ4n) is 2.21. The summed E-state index contributed by atoms with van der Waals surface area (Å²) in [5.41, 5.74) is 5.80. The number of rotatable bonds is 0. The molecule has 1 aliphatic heterocycles. The first-order valence-corrected chi connectivity index (χ1v) is 3.82. The average Bonchev–Trinajstić information content (AvgIpc) is 2.22. The van der Waals surface area contributed by atoms with E-state index in [2.05, 4.69) is 5.32 Å². The average molecular weight is 199 g/mol. The summed E-state index contributed by atoms with van der Waals surface area (Å²) in [5.74, 6) is 1.83. The van der Waals surface area contributed by atoms with Crippen molar-refractivity contribution >= 4 is 24.8 Å². The third kappa shape index (κ3) is 2.22. The molecule has 1 saturated heterocycles. The highest BCUT2D eigenvalue weighted by molar-refractivity contribution is 5.85. The van der Waals surface area contributed by atoms with Gasteiger partial charge in [-0.1, -0.05) is 0 Å². The predicted molar refractivity (Wildman–Crippen MR) is 51.6 cm³/mol. The van der Waals surface area contributed by atoms with Gasteiger partial charge in [0.2, 0.25) is 0 Å². The van der Waals surface area contributed by atoms with Crippen LogP contribution in [0, 0.1) is 11.8 Å². The van der Waals surface area contributed by atoms with Gasteiger partial charge in [0.1, 0.15) is 0 Å². The van der Waals surface area contributed by atoms with Crippen LogP contribution < -0.4 is 11.1 Å². The molecule has 1 heterocycles. The number of halogens is 2. The molecule has 3 N–H and O–H groups in total. The molecule has 1 unspecified atom stereocenters. The molecule has 1 saturated carbocycles. The maximum absolute atomic E-state index is 5.80. The van der Waals surface area contributed by atoms with E-state index in [4.69, 9.17) is 5.73 Å². The number of hydrogen-bond acceptors (Lipinski definition) is 2. The maximum atomic E-state index is 5.80. The molecule has 0 bridgehead atoms. The Bertz CT molecular complexity index is 109. The van der Waals surface area contributed by atoms with Crippen LogP contribution in [0.25, 0.3) is 0 Å². The lowest BCUT2D eigenvalue weighted by Crippen LogP contribution is -2.20. The highest BCUT2D eigenvalue weighted by Crippen LogP contribution is 2.32. The van der Waals surface area contributed by atoms with Crippen LogP contribution in [-0.2, 0) is 0 Å². The van der Waals surface area contributed by atoms with Crippen LogP contribution in [0.15, 0.2) is 0 Å². The molecule has 2 rings (SSSR count). The Balaban J connectivity index is 0.000000500. The van der Waals surface area contributed by atoms with Crippen molar-refractivity contribution in [3.63, 3.8) is 0 Å². The predicted octanol–water partition coefficient (Wildman–Crippen LogP) is 0.787. The van der Waals surface area contributed by atoms with E-state index in [1.54, 1.807) is 0 Å². The van der Waals surface area contributed by atoms with Gasteiger partial charge >= 0.3 is 0 Å². The van der Waals surface area contributed by atoms with Gasteiger partial charge in [0, 0.05) is 6.04 Å². The van der Waals surface area contributed by atoms with Gasteiger partial charge in [-0.3, -0.25) is 0 Å². The number of nitrogens with two attached hydrogens (primary N) is 1. The molecular weight excluding hydrogens is 183 g/mol. The van der Waals surface area contributed by atoms with Crippen LogP contribution in [0.3, 0.4) is 0 Å². The summed E-state index contributed by atoms with van der Waals surface area (Å²) in [4.78, 5) is 0. The van der Waals surface area contributed by atoms with Gasteiger partial charge in [-0.25, -0.2) is 0 Å². The van der Waals surface area contributed by atoms with E-state index >= 15 is 0 Å². The molecule has 68 valence electrons. The van der Waals surface area contributed by atoms with Crippen molar-refractivity contribution in [1.29, 1.82) is 0 Å². The van der Waals surface area contributed by atoms with E-state index in [0.717, 1.165) is 11.8 Å². The van der Waals surface area contributed by atoms with Crippen molar-refractivity contribution in [2.24, 2.45) is 17.6 Å².